The minimum absolute atomic E-state index is 0.0465. The first-order valence-corrected chi connectivity index (χ1v) is 23.4. The van der Waals surface area contributed by atoms with E-state index in [0.29, 0.717) is 55.4 Å². The molecule has 3 aliphatic heterocycles. The Balaban J connectivity index is 0.802. The van der Waals surface area contributed by atoms with Crippen LogP contribution in [0.3, 0.4) is 0 Å². The van der Waals surface area contributed by atoms with E-state index < -0.39 is 33.7 Å². The number of carbonyl (C=O) groups is 5. The molecule has 2 fully saturated rings. The lowest BCUT2D eigenvalue weighted by Crippen LogP contribution is -2.52. The molecule has 61 heavy (non-hydrogen) atoms. The van der Waals surface area contributed by atoms with Crippen molar-refractivity contribution in [3.05, 3.63) is 75.1 Å². The molecule has 6 rings (SSSR count). The van der Waals surface area contributed by atoms with Gasteiger partial charge in [0.05, 0.1) is 21.5 Å². The predicted octanol–water partition coefficient (Wildman–Crippen LogP) is 5.06. The van der Waals surface area contributed by atoms with Crippen molar-refractivity contribution in [2.45, 2.75) is 109 Å². The summed E-state index contributed by atoms with van der Waals surface area (Å²) in [5.74, 6) is -2.31. The number of halogens is 2. The highest BCUT2D eigenvalue weighted by Crippen LogP contribution is 2.31. The molecular formula is C42H53BrFN9O7S. The number of benzene rings is 2. The molecule has 328 valence electrons. The van der Waals surface area contributed by atoms with E-state index >= 15 is 0 Å². The largest absolute Gasteiger partial charge is 0.365 e. The average Bonchev–Trinajstić information content (AvgIpc) is 3.56. The summed E-state index contributed by atoms with van der Waals surface area (Å²) in [6, 6.07) is 9.14. The molecule has 3 aliphatic rings. The summed E-state index contributed by atoms with van der Waals surface area (Å²) >= 11 is 3.36. The van der Waals surface area contributed by atoms with Crippen LogP contribution in [0.5, 0.6) is 0 Å². The Hall–Kier alpha value is -5.01. The van der Waals surface area contributed by atoms with Gasteiger partial charge < -0.3 is 26.6 Å². The Kier molecular flexibility index (Phi) is 15.8. The van der Waals surface area contributed by atoms with Gasteiger partial charge in [0.15, 0.2) is 0 Å². The van der Waals surface area contributed by atoms with Crippen molar-refractivity contribution in [1.29, 1.82) is 0 Å². The molecule has 1 atom stereocenters. The number of aromatic nitrogens is 2. The van der Waals surface area contributed by atoms with Gasteiger partial charge in [-0.25, -0.2) is 22.1 Å². The molecule has 5 amide bonds. The number of imide groups is 1. The number of unbranched alkanes of at least 4 members (excludes halogenated alkanes) is 7. The number of nitrogens with one attached hydrogen (secondary N) is 4. The second-order valence-corrected chi connectivity index (χ2v) is 18.6. The lowest BCUT2D eigenvalue weighted by molar-refractivity contribution is -0.137. The van der Waals surface area contributed by atoms with Crippen LogP contribution in [0.4, 0.5) is 21.8 Å². The number of nitrogens with two attached hydrogens (primary N) is 1. The number of carbonyl (C=O) groups excluding carboxylic acids is 5. The van der Waals surface area contributed by atoms with Gasteiger partial charge >= 0.3 is 0 Å². The van der Waals surface area contributed by atoms with E-state index in [1.54, 1.807) is 4.90 Å². The van der Waals surface area contributed by atoms with Gasteiger partial charge in [0, 0.05) is 56.8 Å². The van der Waals surface area contributed by atoms with E-state index in [1.165, 1.54) is 22.6 Å². The number of hydrogen-bond acceptors (Lipinski definition) is 11. The second kappa shape index (κ2) is 21.2. The summed E-state index contributed by atoms with van der Waals surface area (Å²) in [6.45, 7) is 1.03. The van der Waals surface area contributed by atoms with Crippen LogP contribution in [0.1, 0.15) is 115 Å². The number of rotatable bonds is 21. The molecule has 2 aromatic carbocycles. The molecule has 0 radical (unpaired) electrons. The van der Waals surface area contributed by atoms with Crippen molar-refractivity contribution >= 4 is 72.9 Å². The van der Waals surface area contributed by atoms with Gasteiger partial charge in [-0.05, 0) is 83.8 Å². The maximum Gasteiger partial charge on any atom is 0.255 e. The Labute approximate surface area is 363 Å². The summed E-state index contributed by atoms with van der Waals surface area (Å²) in [7, 11) is -3.57. The fourth-order valence-corrected chi connectivity index (χ4v) is 9.75. The zero-order chi connectivity index (χ0) is 43.5. The summed E-state index contributed by atoms with van der Waals surface area (Å²) in [4.78, 5) is 71.6. The van der Waals surface area contributed by atoms with Crippen molar-refractivity contribution < 1.29 is 36.8 Å². The van der Waals surface area contributed by atoms with Crippen molar-refractivity contribution in [3.63, 3.8) is 0 Å². The van der Waals surface area contributed by atoms with Crippen LogP contribution in [-0.2, 0) is 37.4 Å². The van der Waals surface area contributed by atoms with E-state index in [9.17, 15) is 36.8 Å². The Morgan fingerprint density at radius 1 is 0.951 bits per heavy atom. The average molecular weight is 927 g/mol. The fraction of sp³-hybridized carbons (Fsp3) is 0.500. The summed E-state index contributed by atoms with van der Waals surface area (Å²) in [5.41, 5.74) is 8.00. The zero-order valence-electron chi connectivity index (χ0n) is 34.0. The topological polar surface area (TPSA) is 226 Å². The van der Waals surface area contributed by atoms with Crippen LogP contribution >= 0.6 is 15.9 Å². The molecule has 4 heterocycles. The Morgan fingerprint density at radius 2 is 1.66 bits per heavy atom. The van der Waals surface area contributed by atoms with Crippen molar-refractivity contribution in [2.75, 3.05) is 36.0 Å². The molecule has 0 saturated carbocycles. The third-order valence-electron chi connectivity index (χ3n) is 11.4. The van der Waals surface area contributed by atoms with Crippen LogP contribution in [0.15, 0.2) is 47.1 Å². The minimum Gasteiger partial charge on any atom is -0.365 e. The number of nitrogens with zero attached hydrogens (tertiary/aromatic N) is 4. The molecule has 19 heteroatoms. The van der Waals surface area contributed by atoms with Gasteiger partial charge in [0.1, 0.15) is 17.7 Å². The summed E-state index contributed by atoms with van der Waals surface area (Å²) in [6.07, 6.45) is 12.4. The van der Waals surface area contributed by atoms with Gasteiger partial charge in [-0.3, -0.25) is 29.3 Å². The Bertz CT molecular complexity index is 2220. The second-order valence-electron chi connectivity index (χ2n) is 15.7. The zero-order valence-corrected chi connectivity index (χ0v) is 36.4. The molecule has 16 nitrogen and oxygen atoms in total. The normalized spacial score (nSPS) is 17.2. The minimum atomic E-state index is -3.57. The van der Waals surface area contributed by atoms with Crippen LogP contribution in [0.25, 0.3) is 0 Å². The summed E-state index contributed by atoms with van der Waals surface area (Å²) < 4.78 is 42.3. The molecule has 0 aliphatic carbocycles. The first-order valence-electron chi connectivity index (χ1n) is 20.9. The van der Waals surface area contributed by atoms with E-state index in [4.69, 9.17) is 5.73 Å². The molecule has 6 N–H and O–H groups in total. The number of sulfonamides is 1. The van der Waals surface area contributed by atoms with Crippen molar-refractivity contribution in [3.8, 4) is 0 Å². The first kappa shape index (κ1) is 45.5. The van der Waals surface area contributed by atoms with Crippen molar-refractivity contribution in [2.24, 2.45) is 5.73 Å². The van der Waals surface area contributed by atoms with E-state index in [2.05, 4.69) is 53.2 Å². The number of hydrogen-bond donors (Lipinski definition) is 5. The number of primary amides is 1. The lowest BCUT2D eigenvalue weighted by atomic mass is 9.97. The smallest absolute Gasteiger partial charge is 0.255 e. The third-order valence-corrected chi connectivity index (χ3v) is 13.9. The molecule has 1 unspecified atom stereocenters. The van der Waals surface area contributed by atoms with Gasteiger partial charge in [-0.1, -0.05) is 56.7 Å². The third kappa shape index (κ3) is 12.1. The maximum atomic E-state index is 14.2. The lowest BCUT2D eigenvalue weighted by Gasteiger charge is -2.31. The summed E-state index contributed by atoms with van der Waals surface area (Å²) in [5, 5.41) is 11.3. The van der Waals surface area contributed by atoms with Crippen LogP contribution in [0, 0.1) is 5.82 Å². The highest BCUT2D eigenvalue weighted by Gasteiger charge is 2.39. The Morgan fingerprint density at radius 3 is 2.38 bits per heavy atom. The van der Waals surface area contributed by atoms with Gasteiger partial charge in [-0.2, -0.15) is 4.98 Å². The van der Waals surface area contributed by atoms with Gasteiger partial charge in [0.25, 0.3) is 11.8 Å². The van der Waals surface area contributed by atoms with E-state index in [1.807, 2.05) is 12.1 Å². The van der Waals surface area contributed by atoms with Gasteiger partial charge in [-0.15, -0.1) is 0 Å². The first-order chi connectivity index (χ1) is 29.3. The highest BCUT2D eigenvalue weighted by molar-refractivity contribution is 9.10. The SMILES string of the molecule is NC(=O)c1c(F)cccc1Nc1nc(NC2CCN(S(=O)(=O)CCNC(=O)CCCCCCCCCCc3cccc4c3CN(C3CCC(=O)NC3=O)C4=O)CC2)ncc1Br. The number of piperidine rings is 2. The van der Waals surface area contributed by atoms with E-state index in [0.717, 1.165) is 75.0 Å². The number of amides is 5. The van der Waals surface area contributed by atoms with Crippen LogP contribution in [-0.4, -0.2) is 94.6 Å². The molecule has 0 bridgehead atoms. The molecular weight excluding hydrogens is 873 g/mol. The molecule has 1 aromatic heterocycles. The monoisotopic (exact) mass is 925 g/mol. The van der Waals surface area contributed by atoms with Gasteiger partial charge in [0.2, 0.25) is 33.7 Å². The standard InChI is InChI=1S/C42H53BrFN9O7S/c43-31-25-47-42(51-39(31)49-33-15-10-14-32(44)37(33)38(45)56)48-28-19-22-52(23-20-28)61(59,60)24-21-46-35(54)16-8-6-4-2-1-3-5-7-11-27-12-9-13-29-30(27)26-53(41(29)58)34-17-18-36(55)50-40(34)57/h9-10,12-15,25,28,34H,1-8,11,16-24,26H2,(H2,45,56)(H,46,54)(H,50,55,57)(H2,47,48,49,51). The van der Waals surface area contributed by atoms with Crippen LogP contribution < -0.4 is 27.0 Å². The molecule has 3 aromatic rings. The highest BCUT2D eigenvalue weighted by atomic mass is 79.9. The molecule has 0 spiro atoms. The number of anilines is 3. The quantitative estimate of drug-likeness (QED) is 0.0702. The van der Waals surface area contributed by atoms with Crippen molar-refractivity contribution in [1.82, 2.24) is 29.8 Å². The fourth-order valence-electron chi connectivity index (χ4n) is 8.07. The number of aryl methyl sites for hydroxylation is 1. The number of fused-ring (bicyclic) bond motifs is 1. The van der Waals surface area contributed by atoms with Crippen LogP contribution in [0.2, 0.25) is 0 Å². The maximum absolute atomic E-state index is 14.2. The molecule has 2 saturated heterocycles. The van der Waals surface area contributed by atoms with E-state index in [-0.39, 0.29) is 65.5 Å². The predicted molar refractivity (Wildman–Crippen MR) is 231 cm³/mol.